The van der Waals surface area contributed by atoms with Crippen LogP contribution in [0.4, 0.5) is 26.3 Å². The summed E-state index contributed by atoms with van der Waals surface area (Å²) in [5.41, 5.74) is -1.28. The molecule has 0 saturated heterocycles. The first-order chi connectivity index (χ1) is 16.8. The van der Waals surface area contributed by atoms with Crippen LogP contribution in [-0.2, 0) is 0 Å². The van der Waals surface area contributed by atoms with Crippen LogP contribution in [0.5, 0.6) is 0 Å². The number of hydrogen-bond acceptors (Lipinski definition) is 2. The summed E-state index contributed by atoms with van der Waals surface area (Å²) in [6, 6.07) is 1.48. The number of aromatic nitrogens is 2. The fourth-order valence-electron chi connectivity index (χ4n) is 4.88. The zero-order valence-electron chi connectivity index (χ0n) is 19.4. The van der Waals surface area contributed by atoms with Crippen LogP contribution in [0.15, 0.2) is 30.6 Å². The van der Waals surface area contributed by atoms with Gasteiger partial charge in [-0.3, -0.25) is 0 Å². The Kier molecular flexibility index (Phi) is 7.77. The molecule has 1 aliphatic carbocycles. The minimum atomic E-state index is -1.79. The number of nitrogens with zero attached hydrogens (tertiary/aromatic N) is 2. The van der Waals surface area contributed by atoms with Crippen LogP contribution in [0.1, 0.15) is 69.8 Å². The maximum atomic E-state index is 14.8. The molecule has 4 rings (SSSR count). The number of halogens is 6. The van der Waals surface area contributed by atoms with Crippen molar-refractivity contribution in [1.82, 2.24) is 9.97 Å². The second-order valence-corrected chi connectivity index (χ2v) is 9.22. The van der Waals surface area contributed by atoms with Crippen LogP contribution >= 0.6 is 0 Å². The van der Waals surface area contributed by atoms with Gasteiger partial charge in [0.1, 0.15) is 5.82 Å². The van der Waals surface area contributed by atoms with Gasteiger partial charge in [-0.25, -0.2) is 36.3 Å². The monoisotopic (exact) mass is 492 g/mol. The van der Waals surface area contributed by atoms with Gasteiger partial charge in [-0.1, -0.05) is 32.6 Å². The maximum absolute atomic E-state index is 14.8. The van der Waals surface area contributed by atoms with E-state index in [1.165, 1.54) is 25.7 Å². The van der Waals surface area contributed by atoms with Crippen molar-refractivity contribution in [3.05, 3.63) is 71.1 Å². The lowest BCUT2D eigenvalue weighted by Gasteiger charge is -2.28. The lowest BCUT2D eigenvalue weighted by Crippen LogP contribution is -2.14. The Morgan fingerprint density at radius 1 is 0.743 bits per heavy atom. The van der Waals surface area contributed by atoms with Crippen LogP contribution in [0.25, 0.3) is 22.5 Å². The predicted molar refractivity (Wildman–Crippen MR) is 121 cm³/mol. The second kappa shape index (κ2) is 10.8. The minimum Gasteiger partial charge on any atom is -0.236 e. The highest BCUT2D eigenvalue weighted by Gasteiger charge is 2.26. The van der Waals surface area contributed by atoms with Crippen LogP contribution < -0.4 is 0 Å². The van der Waals surface area contributed by atoms with Gasteiger partial charge in [0.25, 0.3) is 0 Å². The Bertz CT molecular complexity index is 1160. The molecule has 0 N–H and O–H groups in total. The highest BCUT2D eigenvalue weighted by atomic mass is 19.2. The smallest absolute Gasteiger partial charge is 0.194 e. The SMILES string of the molecule is CCCCCC1CCC(c2cnc(-c3cc(F)c(-c4cc(F)c(F)c(F)c4)c(F)c3F)nc2)CC1. The van der Waals surface area contributed by atoms with Gasteiger partial charge in [0.05, 0.1) is 11.1 Å². The van der Waals surface area contributed by atoms with Gasteiger partial charge in [0.15, 0.2) is 34.9 Å². The largest absolute Gasteiger partial charge is 0.236 e. The molecular weight excluding hydrogens is 466 g/mol. The molecule has 0 aliphatic heterocycles. The van der Waals surface area contributed by atoms with E-state index >= 15 is 0 Å². The van der Waals surface area contributed by atoms with Crippen LogP contribution in [-0.4, -0.2) is 9.97 Å². The number of rotatable bonds is 7. The molecule has 0 bridgehead atoms. The maximum Gasteiger partial charge on any atom is 0.194 e. The average Bonchev–Trinajstić information content (AvgIpc) is 2.85. The van der Waals surface area contributed by atoms with E-state index in [0.717, 1.165) is 37.2 Å². The molecule has 1 aliphatic rings. The van der Waals surface area contributed by atoms with Crippen LogP contribution in [0.3, 0.4) is 0 Å². The van der Waals surface area contributed by atoms with E-state index in [4.69, 9.17) is 0 Å². The van der Waals surface area contributed by atoms with Gasteiger partial charge in [-0.15, -0.1) is 0 Å². The van der Waals surface area contributed by atoms with Gasteiger partial charge < -0.3 is 0 Å². The van der Waals surface area contributed by atoms with E-state index in [2.05, 4.69) is 16.9 Å². The third kappa shape index (κ3) is 5.36. The molecule has 8 heteroatoms. The first-order valence-electron chi connectivity index (χ1n) is 11.9. The van der Waals surface area contributed by atoms with Crippen molar-refractivity contribution in [2.24, 2.45) is 5.92 Å². The Hall–Kier alpha value is -2.90. The molecule has 0 radical (unpaired) electrons. The molecule has 0 spiro atoms. The Morgan fingerprint density at radius 2 is 1.37 bits per heavy atom. The standard InChI is InChI=1S/C27H26F6N2/c1-2-3-4-5-15-6-8-16(9-7-15)18-13-34-27(35-14-18)19-12-20(28)23(26(33)24(19)31)17-10-21(29)25(32)22(30)11-17/h10-16H,2-9H2,1H3. The lowest BCUT2D eigenvalue weighted by molar-refractivity contribution is 0.302. The van der Waals surface area contributed by atoms with Crippen molar-refractivity contribution in [2.45, 2.75) is 64.2 Å². The Balaban J connectivity index is 1.53. The zero-order valence-corrected chi connectivity index (χ0v) is 19.4. The summed E-state index contributed by atoms with van der Waals surface area (Å²) < 4.78 is 84.6. The molecule has 1 fully saturated rings. The third-order valence-electron chi connectivity index (χ3n) is 6.88. The number of hydrogen-bond donors (Lipinski definition) is 0. The van der Waals surface area contributed by atoms with Gasteiger partial charge in [-0.05, 0) is 66.8 Å². The first kappa shape index (κ1) is 25.2. The van der Waals surface area contributed by atoms with Crippen molar-refractivity contribution in [2.75, 3.05) is 0 Å². The van der Waals surface area contributed by atoms with E-state index in [9.17, 15) is 26.3 Å². The summed E-state index contributed by atoms with van der Waals surface area (Å²) in [5, 5.41) is 0. The lowest BCUT2D eigenvalue weighted by atomic mass is 9.77. The third-order valence-corrected chi connectivity index (χ3v) is 6.88. The fourth-order valence-corrected chi connectivity index (χ4v) is 4.88. The highest BCUT2D eigenvalue weighted by molar-refractivity contribution is 5.70. The molecule has 3 aromatic rings. The summed E-state index contributed by atoms with van der Waals surface area (Å²) in [7, 11) is 0. The van der Waals surface area contributed by atoms with E-state index in [1.807, 2.05) is 0 Å². The predicted octanol–water partition coefficient (Wildman–Crippen LogP) is 8.50. The van der Waals surface area contributed by atoms with E-state index < -0.39 is 51.6 Å². The minimum absolute atomic E-state index is 0.208. The van der Waals surface area contributed by atoms with Crippen molar-refractivity contribution in [3.8, 4) is 22.5 Å². The van der Waals surface area contributed by atoms with Gasteiger partial charge in [0.2, 0.25) is 0 Å². The molecule has 2 nitrogen and oxygen atoms in total. The molecule has 1 aromatic heterocycles. The van der Waals surface area contributed by atoms with E-state index in [-0.39, 0.29) is 11.7 Å². The van der Waals surface area contributed by atoms with Crippen molar-refractivity contribution in [1.29, 1.82) is 0 Å². The fraction of sp³-hybridized carbons (Fsp3) is 0.407. The van der Waals surface area contributed by atoms with Crippen molar-refractivity contribution >= 4 is 0 Å². The Labute approximate surface area is 200 Å². The van der Waals surface area contributed by atoms with Gasteiger partial charge in [0, 0.05) is 12.4 Å². The summed E-state index contributed by atoms with van der Waals surface area (Å²) in [6.07, 6.45) is 12.4. The topological polar surface area (TPSA) is 25.8 Å². The number of unbranched alkanes of at least 4 members (excludes halogenated alkanes) is 2. The molecular formula is C27H26F6N2. The highest BCUT2D eigenvalue weighted by Crippen LogP contribution is 2.38. The van der Waals surface area contributed by atoms with Gasteiger partial charge >= 0.3 is 0 Å². The molecule has 1 saturated carbocycles. The molecule has 1 heterocycles. The molecule has 35 heavy (non-hydrogen) atoms. The van der Waals surface area contributed by atoms with E-state index in [1.54, 1.807) is 12.4 Å². The first-order valence-corrected chi connectivity index (χ1v) is 11.9. The summed E-state index contributed by atoms with van der Waals surface area (Å²) in [4.78, 5) is 8.27. The molecule has 2 aromatic carbocycles. The van der Waals surface area contributed by atoms with Crippen molar-refractivity contribution in [3.63, 3.8) is 0 Å². The summed E-state index contributed by atoms with van der Waals surface area (Å²) >= 11 is 0. The van der Waals surface area contributed by atoms with Crippen molar-refractivity contribution < 1.29 is 26.3 Å². The molecule has 0 amide bonds. The molecule has 0 atom stereocenters. The number of benzene rings is 2. The molecule has 0 unspecified atom stereocenters. The van der Waals surface area contributed by atoms with E-state index in [0.29, 0.717) is 18.2 Å². The van der Waals surface area contributed by atoms with Gasteiger partial charge in [-0.2, -0.15) is 0 Å². The normalized spacial score (nSPS) is 18.1. The Morgan fingerprint density at radius 3 is 1.97 bits per heavy atom. The average molecular weight is 493 g/mol. The zero-order chi connectivity index (χ0) is 25.1. The summed E-state index contributed by atoms with van der Waals surface area (Å²) in [5.74, 6) is -8.67. The second-order valence-electron chi connectivity index (χ2n) is 9.22. The van der Waals surface area contributed by atoms with Crippen LogP contribution in [0.2, 0.25) is 0 Å². The van der Waals surface area contributed by atoms with Crippen LogP contribution in [0, 0.1) is 40.8 Å². The quantitative estimate of drug-likeness (QED) is 0.143. The molecule has 186 valence electrons. The summed E-state index contributed by atoms with van der Waals surface area (Å²) in [6.45, 7) is 2.19.